The number of nitrogens with one attached hydrogen (secondary N) is 14. The standard InChI is InChI=1S/2C22H26N6O3S.C21H24N6O4S.C20H22N6O3S/c1-27-13-17(14-28(2)32(27,30)31)16-8-9-20(19(10-16)15-6-4-3-5-7-15)26-22(29)21-24-12-18(11-23)25-21;1-3-14-4-6-15(7-5-14)18-10-16(17-11-25-32(30,31)26-12-17)8-9-19(18)27-22(29)21-24-13-20(23-2)28-21;1-22-19-11-23-20(27-19)21(29)26-18-7-14(12-28)16(15-9-24-32(30,31)25-10-15)8-17(18)13-5-3-2-4-6-13;1-21-18-12-22-19(26-18)20(27)25-17-8-7-14(15-10-23-30(28,29)24-11-15)9-16(17)13-5-3-2-4-6-13/h6,8-10,12,17H,3-5,7,13-14H2,1-2H3,(H,24,25)(H,26,29);6,8-10,13-14,17,25-26H,3-5,7,11-12H2,1H3,(H,24,28)(H,27,29);5,7-8,11,15,24-25,28H,2-4,6,9-10,12H2,(H,23,27)(H,26,29);5,7-9,12,15,23-24H,2-4,6,10-11H2,(H,22,26)(H,25,27). The maximum Gasteiger partial charge on any atom is 0.314 e. The second-order valence-corrected chi connectivity index (χ2v) is 38.5. The van der Waals surface area contributed by atoms with Crippen molar-refractivity contribution in [2.24, 2.45) is 5.92 Å². The Morgan fingerprint density at radius 2 is 0.825 bits per heavy atom. The van der Waals surface area contributed by atoms with E-state index in [-0.39, 0.29) is 89.8 Å². The molecule has 4 amide bonds. The topological polar surface area (TPSA) is 503 Å². The van der Waals surface area contributed by atoms with Gasteiger partial charge in [0.05, 0.1) is 31.4 Å². The van der Waals surface area contributed by atoms with Crippen molar-refractivity contribution in [3.05, 3.63) is 229 Å². The van der Waals surface area contributed by atoms with Crippen LogP contribution in [0.4, 0.5) is 40.2 Å². The molecule has 41 heteroatoms. The van der Waals surface area contributed by atoms with Crippen LogP contribution in [-0.4, -0.2) is 177 Å². The molecule has 0 spiro atoms. The van der Waals surface area contributed by atoms with E-state index < -0.39 is 64.5 Å². The molecule has 1 unspecified atom stereocenters. The predicted octanol–water partition coefficient (Wildman–Crippen LogP) is 10.9. The van der Waals surface area contributed by atoms with Crippen molar-refractivity contribution in [1.29, 1.82) is 5.26 Å². The minimum Gasteiger partial charge on any atom is -0.392 e. The zero-order valence-electron chi connectivity index (χ0n) is 69.5. The number of aromatic amines is 4. The van der Waals surface area contributed by atoms with Gasteiger partial charge in [0.2, 0.25) is 17.5 Å². The first-order valence-corrected chi connectivity index (χ1v) is 47.2. The summed E-state index contributed by atoms with van der Waals surface area (Å²) in [6.45, 7) is 25.5. The van der Waals surface area contributed by atoms with Crippen LogP contribution in [0, 0.1) is 37.0 Å². The van der Waals surface area contributed by atoms with E-state index in [1.807, 2.05) is 60.7 Å². The van der Waals surface area contributed by atoms with E-state index in [0.29, 0.717) is 73.5 Å². The van der Waals surface area contributed by atoms with Gasteiger partial charge < -0.3 is 45.9 Å². The van der Waals surface area contributed by atoms with Crippen LogP contribution in [0.1, 0.15) is 232 Å². The van der Waals surface area contributed by atoms with Gasteiger partial charge >= 0.3 is 17.7 Å². The molecule has 0 radical (unpaired) electrons. The second-order valence-electron chi connectivity index (χ2n) is 31.6. The van der Waals surface area contributed by atoms with Crippen molar-refractivity contribution >= 4 is 127 Å². The van der Waals surface area contributed by atoms with Crippen molar-refractivity contribution < 1.29 is 58.0 Å². The molecule has 8 heterocycles. The van der Waals surface area contributed by atoms with Crippen molar-refractivity contribution in [2.45, 2.75) is 140 Å². The first-order valence-electron chi connectivity index (χ1n) is 41.4. The number of aliphatic hydroxyl groups is 1. The second kappa shape index (κ2) is 40.9. The van der Waals surface area contributed by atoms with Gasteiger partial charge in [-0.05, 0) is 201 Å². The van der Waals surface area contributed by atoms with Gasteiger partial charge in [-0.2, -0.15) is 47.5 Å². The number of aliphatic hydroxyl groups excluding tert-OH is 1. The molecule has 4 aliphatic carbocycles. The van der Waals surface area contributed by atoms with E-state index in [4.69, 9.17) is 25.0 Å². The Morgan fingerprint density at radius 1 is 0.468 bits per heavy atom. The number of carbonyl (C=O) groups is 4. The Morgan fingerprint density at radius 3 is 1.16 bits per heavy atom. The van der Waals surface area contributed by atoms with E-state index in [1.54, 1.807) is 20.2 Å². The number of nitriles is 1. The SMILES string of the molecule is CN1CC(c2ccc(NC(=O)c3ncc(C#N)[nH]3)c(C3=CCCCC3)c2)CN(C)S1(=O)=O.[C-]#[N+]c1cnc(C(=O)Nc2cc(CO)c(C3CNS(=O)(=O)NC3)cc2C2=CCCCC2)[nH]1.[C-]#[N+]c1cnc(C(=O)Nc2ccc(C3CNS(=O)(=O)NC3)cc2C2=CCC(CC)CC2)[nH]1.[C-]#[N+]c1cnc(C(=O)Nc2ccc(C3CNS(=O)(=O)NC3)cc2C2=CCCCC2)[nH]1. The minimum atomic E-state index is -3.49. The molecule has 8 aliphatic rings. The summed E-state index contributed by atoms with van der Waals surface area (Å²) in [5.41, 5.74) is 15.5. The molecule has 126 heavy (non-hydrogen) atoms. The highest BCUT2D eigenvalue weighted by molar-refractivity contribution is 7.88. The van der Waals surface area contributed by atoms with Crippen molar-refractivity contribution in [1.82, 2.24) is 76.8 Å². The van der Waals surface area contributed by atoms with E-state index in [1.165, 1.54) is 50.1 Å². The summed E-state index contributed by atoms with van der Waals surface area (Å²) in [6.07, 6.45) is 30.5. The number of H-pyrrole nitrogens is 4. The number of allylic oxidation sites excluding steroid dienone is 8. The molecule has 4 saturated heterocycles. The molecule has 8 aromatic rings. The molecule has 1 atom stereocenters. The van der Waals surface area contributed by atoms with Gasteiger partial charge in [-0.15, -0.1) is 0 Å². The molecule has 0 saturated carbocycles. The largest absolute Gasteiger partial charge is 0.392 e. The number of rotatable bonds is 18. The van der Waals surface area contributed by atoms with Crippen molar-refractivity contribution in [3.8, 4) is 6.07 Å². The van der Waals surface area contributed by atoms with Crippen LogP contribution in [-0.2, 0) is 47.4 Å². The van der Waals surface area contributed by atoms with Gasteiger partial charge in [0.25, 0.3) is 64.2 Å². The first kappa shape index (κ1) is 91.7. The summed E-state index contributed by atoms with van der Waals surface area (Å²) < 4.78 is 112. The van der Waals surface area contributed by atoms with Crippen LogP contribution in [0.2, 0.25) is 0 Å². The monoisotopic (exact) mass is 1790 g/mol. The quantitative estimate of drug-likeness (QED) is 0.0355. The molecule has 660 valence electrons. The zero-order chi connectivity index (χ0) is 89.5. The highest BCUT2D eigenvalue weighted by atomic mass is 32.2. The number of aromatic nitrogens is 8. The minimum absolute atomic E-state index is 0.00693. The van der Waals surface area contributed by atoms with Gasteiger partial charge in [-0.1, -0.05) is 75.6 Å². The number of carbonyl (C=O) groups excluding carboxylic acids is 4. The van der Waals surface area contributed by atoms with E-state index in [0.717, 1.165) is 153 Å². The van der Waals surface area contributed by atoms with E-state index in [9.17, 15) is 58.0 Å². The molecule has 4 fully saturated rings. The molecule has 37 nitrogen and oxygen atoms in total. The van der Waals surface area contributed by atoms with Gasteiger partial charge in [0.15, 0.2) is 5.82 Å². The molecule has 15 N–H and O–H groups in total. The average molecular weight is 1790 g/mol. The Kier molecular flexibility index (Phi) is 29.8. The van der Waals surface area contributed by atoms with Crippen LogP contribution in [0.15, 0.2) is 116 Å². The molecule has 0 bridgehead atoms. The number of hydrogen-bond donors (Lipinski definition) is 15. The summed E-state index contributed by atoms with van der Waals surface area (Å²) in [7, 11) is -10.5. The van der Waals surface area contributed by atoms with E-state index in [2.05, 4.69) is 141 Å². The maximum atomic E-state index is 12.8. The normalized spacial score (nSPS) is 19.6. The smallest absolute Gasteiger partial charge is 0.314 e. The average Bonchev–Trinajstić information content (AvgIpc) is 0.838. The lowest BCUT2D eigenvalue weighted by Gasteiger charge is -2.36. The summed E-state index contributed by atoms with van der Waals surface area (Å²) >= 11 is 0. The lowest BCUT2D eigenvalue weighted by atomic mass is 9.83. The fourth-order valence-electron chi connectivity index (χ4n) is 16.2. The van der Waals surface area contributed by atoms with Gasteiger partial charge in [0, 0.05) is 135 Å². The Labute approximate surface area is 731 Å². The van der Waals surface area contributed by atoms with Crippen LogP contribution in [0.3, 0.4) is 0 Å². The molecule has 4 aliphatic heterocycles. The molecule has 16 rings (SSSR count). The lowest BCUT2D eigenvalue weighted by molar-refractivity contribution is 0.101. The fourth-order valence-corrected chi connectivity index (χ4v) is 20.2. The Balaban J connectivity index is 0.000000144. The van der Waals surface area contributed by atoms with Gasteiger partial charge in [-0.3, -0.25) is 34.1 Å². The summed E-state index contributed by atoms with van der Waals surface area (Å²) in [5.74, 6) is -0.368. The molecular formula is C85H98N24O13S4. The predicted molar refractivity (Wildman–Crippen MR) is 476 cm³/mol. The maximum absolute atomic E-state index is 12.8. The van der Waals surface area contributed by atoms with E-state index >= 15 is 0 Å². The summed E-state index contributed by atoms with van der Waals surface area (Å²) in [6, 6.07) is 23.1. The number of anilines is 4. The number of hydrogen-bond acceptors (Lipinski definition) is 18. The third-order valence-corrected chi connectivity index (χ3v) is 28.4. The zero-order valence-corrected chi connectivity index (χ0v) is 72.8. The van der Waals surface area contributed by atoms with Crippen LogP contribution >= 0.6 is 0 Å². The number of amides is 4. The van der Waals surface area contributed by atoms with Crippen LogP contribution in [0.5, 0.6) is 0 Å². The fraction of sp³-hybridized carbons (Fsp3) is 0.388. The highest BCUT2D eigenvalue weighted by Gasteiger charge is 2.36. The lowest BCUT2D eigenvalue weighted by Crippen LogP contribution is -2.49. The first-order chi connectivity index (χ1) is 60.5. The van der Waals surface area contributed by atoms with Crippen LogP contribution in [0.25, 0.3) is 36.8 Å². The molecule has 4 aromatic heterocycles. The third kappa shape index (κ3) is 23.0. The Bertz CT molecular complexity index is 6200. The van der Waals surface area contributed by atoms with Crippen molar-refractivity contribution in [3.63, 3.8) is 0 Å². The van der Waals surface area contributed by atoms with Crippen LogP contribution < -0.4 is 49.6 Å². The number of nitrogens with zero attached hydrogens (tertiary/aromatic N) is 10. The highest BCUT2D eigenvalue weighted by Crippen LogP contribution is 2.42. The Hall–Kier alpha value is -12.0. The summed E-state index contributed by atoms with van der Waals surface area (Å²) in [5, 5.41) is 30.6. The van der Waals surface area contributed by atoms with Gasteiger partial charge in [0.1, 0.15) is 11.8 Å². The van der Waals surface area contributed by atoms with Gasteiger partial charge in [-0.25, -0.2) is 48.3 Å². The number of benzene rings is 4. The third-order valence-electron chi connectivity index (χ3n) is 23.2. The molecule has 4 aromatic carbocycles. The number of imidazole rings is 4. The number of likely N-dealkylation sites (N-methyl/N-ethyl adjacent to an activating group) is 2. The van der Waals surface area contributed by atoms with Crippen molar-refractivity contribution in [2.75, 3.05) is 87.7 Å². The molecular weight excluding hydrogens is 1690 g/mol. The summed E-state index contributed by atoms with van der Waals surface area (Å²) in [4.78, 5) is 87.1.